The van der Waals surface area contributed by atoms with E-state index in [-0.39, 0.29) is 0 Å². The first-order chi connectivity index (χ1) is 7.18. The quantitative estimate of drug-likeness (QED) is 0.780. The van der Waals surface area contributed by atoms with Crippen LogP contribution < -0.4 is 0 Å². The summed E-state index contributed by atoms with van der Waals surface area (Å²) in [5.74, 6) is 0.380. The zero-order valence-corrected chi connectivity index (χ0v) is 9.75. The van der Waals surface area contributed by atoms with Gasteiger partial charge in [-0.25, -0.2) is 4.98 Å². The predicted molar refractivity (Wildman–Crippen MR) is 59.8 cm³/mol. The first-order valence-electron chi connectivity index (χ1n) is 4.78. The topological polar surface area (TPSA) is 51.6 Å². The van der Waals surface area contributed by atoms with Gasteiger partial charge < -0.3 is 0 Å². The molecule has 5 heteroatoms. The van der Waals surface area contributed by atoms with Crippen LogP contribution in [0.15, 0.2) is 11.7 Å². The molecule has 0 aliphatic carbocycles. The van der Waals surface area contributed by atoms with Gasteiger partial charge in [0, 0.05) is 0 Å². The van der Waals surface area contributed by atoms with Crippen LogP contribution in [0.4, 0.5) is 0 Å². The summed E-state index contributed by atoms with van der Waals surface area (Å²) in [6.07, 6.45) is 1.75. The fourth-order valence-corrected chi connectivity index (χ4v) is 1.91. The number of hydrogen-bond donors (Lipinski definition) is 0. The average molecular weight is 220 g/mol. The summed E-state index contributed by atoms with van der Waals surface area (Å²) in [5.41, 5.74) is 4.53. The molecule has 0 aromatic carbocycles. The lowest BCUT2D eigenvalue weighted by Gasteiger charge is -2.08. The van der Waals surface area contributed by atoms with E-state index in [0.717, 1.165) is 22.1 Å². The molecule has 0 aliphatic heterocycles. The van der Waals surface area contributed by atoms with Crippen molar-refractivity contribution in [3.05, 3.63) is 23.1 Å². The molecule has 2 rings (SSSR count). The summed E-state index contributed by atoms with van der Waals surface area (Å²) in [4.78, 5) is 8.89. The van der Waals surface area contributed by atoms with E-state index in [1.54, 1.807) is 11.7 Å². The highest BCUT2D eigenvalue weighted by atomic mass is 32.1. The van der Waals surface area contributed by atoms with Gasteiger partial charge in [0.15, 0.2) is 5.01 Å². The number of hydrogen-bond acceptors (Lipinski definition) is 5. The maximum Gasteiger partial charge on any atom is 0.167 e. The van der Waals surface area contributed by atoms with E-state index in [2.05, 4.69) is 34.0 Å². The van der Waals surface area contributed by atoms with Crippen molar-refractivity contribution in [3.8, 4) is 10.7 Å². The largest absolute Gasteiger partial charge is 0.257 e. The van der Waals surface area contributed by atoms with E-state index in [9.17, 15) is 0 Å². The zero-order valence-electron chi connectivity index (χ0n) is 8.93. The van der Waals surface area contributed by atoms with Gasteiger partial charge in [0.1, 0.15) is 11.2 Å². The van der Waals surface area contributed by atoms with Crippen molar-refractivity contribution >= 4 is 11.3 Å². The molecule has 0 unspecified atom stereocenters. The van der Waals surface area contributed by atoms with Crippen molar-refractivity contribution in [2.45, 2.75) is 26.7 Å². The van der Waals surface area contributed by atoms with Crippen LogP contribution in [-0.2, 0) is 0 Å². The third-order valence-electron chi connectivity index (χ3n) is 2.12. The van der Waals surface area contributed by atoms with Crippen molar-refractivity contribution in [1.29, 1.82) is 0 Å². The number of aromatic nitrogens is 4. The molecule has 0 N–H and O–H groups in total. The first kappa shape index (κ1) is 10.2. The van der Waals surface area contributed by atoms with Crippen LogP contribution in [0, 0.1) is 6.92 Å². The van der Waals surface area contributed by atoms with Gasteiger partial charge in [-0.3, -0.25) is 4.98 Å². The fourth-order valence-electron chi connectivity index (χ4n) is 1.40. The molecule has 78 valence electrons. The summed E-state index contributed by atoms with van der Waals surface area (Å²) >= 11 is 1.48. The molecule has 0 aliphatic rings. The maximum absolute atomic E-state index is 4.56. The van der Waals surface area contributed by atoms with Crippen LogP contribution >= 0.6 is 11.3 Å². The van der Waals surface area contributed by atoms with E-state index in [1.807, 2.05) is 6.92 Å². The van der Waals surface area contributed by atoms with Crippen molar-refractivity contribution < 1.29 is 0 Å². The molecule has 0 saturated heterocycles. The van der Waals surface area contributed by atoms with Crippen molar-refractivity contribution in [3.63, 3.8) is 0 Å². The highest BCUT2D eigenvalue weighted by Crippen LogP contribution is 2.21. The van der Waals surface area contributed by atoms with Gasteiger partial charge in [0.05, 0.1) is 17.6 Å². The smallest absolute Gasteiger partial charge is 0.167 e. The number of aryl methyl sites for hydroxylation is 1. The normalized spacial score (nSPS) is 10.9. The van der Waals surface area contributed by atoms with Gasteiger partial charge in [-0.05, 0) is 12.8 Å². The Morgan fingerprint density at radius 3 is 2.73 bits per heavy atom. The summed E-state index contributed by atoms with van der Waals surface area (Å²) in [6, 6.07) is 0. The molecule has 0 atom stereocenters. The number of nitrogens with zero attached hydrogens (tertiary/aromatic N) is 4. The molecule has 15 heavy (non-hydrogen) atoms. The number of rotatable bonds is 2. The van der Waals surface area contributed by atoms with Gasteiger partial charge in [0.2, 0.25) is 0 Å². The average Bonchev–Trinajstić information content (AvgIpc) is 2.71. The predicted octanol–water partition coefficient (Wildman–Crippen LogP) is 2.43. The Kier molecular flexibility index (Phi) is 2.73. The van der Waals surface area contributed by atoms with Crippen molar-refractivity contribution in [2.24, 2.45) is 0 Å². The highest BCUT2D eigenvalue weighted by Gasteiger charge is 2.10. The second kappa shape index (κ2) is 4.02. The van der Waals surface area contributed by atoms with Crippen LogP contribution in [0.2, 0.25) is 0 Å². The van der Waals surface area contributed by atoms with E-state index in [1.165, 1.54) is 11.3 Å². The van der Waals surface area contributed by atoms with E-state index >= 15 is 0 Å². The fraction of sp³-hybridized carbons (Fsp3) is 0.400. The Balaban J connectivity index is 2.48. The van der Waals surface area contributed by atoms with Gasteiger partial charge in [-0.15, -0.1) is 10.2 Å². The molecular weight excluding hydrogens is 208 g/mol. The van der Waals surface area contributed by atoms with Gasteiger partial charge in [0.25, 0.3) is 0 Å². The lowest BCUT2D eigenvalue weighted by molar-refractivity contribution is 0.797. The van der Waals surface area contributed by atoms with Crippen LogP contribution in [0.3, 0.4) is 0 Å². The zero-order chi connectivity index (χ0) is 10.8. The Hall–Kier alpha value is -1.36. The van der Waals surface area contributed by atoms with Gasteiger partial charge in [-0.1, -0.05) is 25.2 Å². The molecule has 2 aromatic rings. The van der Waals surface area contributed by atoms with Crippen LogP contribution in [0.1, 0.15) is 31.2 Å². The van der Waals surface area contributed by atoms with Crippen LogP contribution in [0.25, 0.3) is 10.7 Å². The molecule has 0 fully saturated rings. The summed E-state index contributed by atoms with van der Waals surface area (Å²) in [6.45, 7) is 6.20. The molecule has 0 spiro atoms. The molecule has 0 bridgehead atoms. The first-order valence-corrected chi connectivity index (χ1v) is 5.66. The monoisotopic (exact) mass is 220 g/mol. The molecule has 0 amide bonds. The lowest BCUT2D eigenvalue weighted by Crippen LogP contribution is -2.00. The third kappa shape index (κ3) is 2.02. The molecule has 2 heterocycles. The second-order valence-corrected chi connectivity index (χ2v) is 4.46. The standard InChI is InChI=1S/C10H12N4S/c1-6(2)9-7(3)11-4-8(13-9)10-14-12-5-15-10/h4-6H,1-3H3. The molecule has 0 radical (unpaired) electrons. The van der Waals surface area contributed by atoms with Crippen molar-refractivity contribution in [2.75, 3.05) is 0 Å². The maximum atomic E-state index is 4.56. The van der Waals surface area contributed by atoms with Crippen LogP contribution in [-0.4, -0.2) is 20.2 Å². The minimum Gasteiger partial charge on any atom is -0.257 e. The molecule has 0 saturated carbocycles. The summed E-state index contributed by atoms with van der Waals surface area (Å²) < 4.78 is 0. The van der Waals surface area contributed by atoms with E-state index in [4.69, 9.17) is 0 Å². The van der Waals surface area contributed by atoms with E-state index in [0.29, 0.717) is 5.92 Å². The SMILES string of the molecule is Cc1ncc(-c2nncs2)nc1C(C)C. The van der Waals surface area contributed by atoms with Gasteiger partial charge in [-0.2, -0.15) is 0 Å². The minimum absolute atomic E-state index is 0.380. The van der Waals surface area contributed by atoms with E-state index < -0.39 is 0 Å². The Labute approximate surface area is 92.4 Å². The summed E-state index contributed by atoms with van der Waals surface area (Å²) in [7, 11) is 0. The van der Waals surface area contributed by atoms with Gasteiger partial charge >= 0.3 is 0 Å². The Bertz CT molecular complexity index is 450. The second-order valence-electron chi connectivity index (χ2n) is 3.62. The highest BCUT2D eigenvalue weighted by molar-refractivity contribution is 7.12. The minimum atomic E-state index is 0.380. The molecular formula is C10H12N4S. The lowest BCUT2D eigenvalue weighted by atomic mass is 10.1. The van der Waals surface area contributed by atoms with Crippen LogP contribution in [0.5, 0.6) is 0 Å². The molecule has 2 aromatic heterocycles. The summed E-state index contributed by atoms with van der Waals surface area (Å²) in [5, 5.41) is 8.60. The third-order valence-corrected chi connectivity index (χ3v) is 2.83. The molecule has 4 nitrogen and oxygen atoms in total. The Morgan fingerprint density at radius 2 is 2.13 bits per heavy atom. The van der Waals surface area contributed by atoms with Crippen molar-refractivity contribution in [1.82, 2.24) is 20.2 Å². The Morgan fingerprint density at radius 1 is 1.33 bits per heavy atom.